The van der Waals surface area contributed by atoms with Gasteiger partial charge in [0.2, 0.25) is 0 Å². The fourth-order valence-electron chi connectivity index (χ4n) is 1.20. The third kappa shape index (κ3) is 4.06. The van der Waals surface area contributed by atoms with Crippen molar-refractivity contribution in [3.05, 3.63) is 33.9 Å². The molecule has 3 nitrogen and oxygen atoms in total. The molecule has 0 spiro atoms. The highest BCUT2D eigenvalue weighted by atomic mass is 35.5. The van der Waals surface area contributed by atoms with Gasteiger partial charge in [0.05, 0.1) is 15.4 Å². The molecule has 0 N–H and O–H groups in total. The van der Waals surface area contributed by atoms with Crippen LogP contribution in [0.15, 0.2) is 23.1 Å². The lowest BCUT2D eigenvalue weighted by Crippen LogP contribution is -2.06. The Labute approximate surface area is 110 Å². The van der Waals surface area contributed by atoms with Crippen LogP contribution in [0.5, 0.6) is 0 Å². The van der Waals surface area contributed by atoms with E-state index in [0.29, 0.717) is 24.1 Å². The van der Waals surface area contributed by atoms with Crippen LogP contribution in [0.1, 0.15) is 12.0 Å². The Bertz CT molecular complexity index is 440. The number of rotatable bonds is 5. The Morgan fingerprint density at radius 2 is 2.06 bits per heavy atom. The summed E-state index contributed by atoms with van der Waals surface area (Å²) in [6.45, 7) is 0. The number of nitro groups is 1. The first kappa shape index (κ1) is 15.1. The van der Waals surface area contributed by atoms with E-state index in [1.165, 1.54) is 0 Å². The molecule has 0 aliphatic rings. The number of nitrogens with zero attached hydrogens (tertiary/aromatic N) is 1. The third-order valence-corrected chi connectivity index (χ3v) is 3.43. The van der Waals surface area contributed by atoms with Gasteiger partial charge in [-0.15, -0.1) is 23.4 Å². The summed E-state index contributed by atoms with van der Waals surface area (Å²) in [4.78, 5) is 10.1. The Kier molecular flexibility index (Phi) is 5.28. The molecule has 0 saturated heterocycles. The average molecular weight is 300 g/mol. The fourth-order valence-corrected chi connectivity index (χ4v) is 2.44. The van der Waals surface area contributed by atoms with Gasteiger partial charge in [0, 0.05) is 11.9 Å². The van der Waals surface area contributed by atoms with Crippen molar-refractivity contribution in [3.8, 4) is 0 Å². The average Bonchev–Trinajstić information content (AvgIpc) is 2.28. The van der Waals surface area contributed by atoms with Gasteiger partial charge in [0.1, 0.15) is 0 Å². The van der Waals surface area contributed by atoms with Crippen LogP contribution in [-0.2, 0) is 6.18 Å². The van der Waals surface area contributed by atoms with Gasteiger partial charge in [-0.3, -0.25) is 10.1 Å². The zero-order chi connectivity index (χ0) is 13.8. The van der Waals surface area contributed by atoms with E-state index in [9.17, 15) is 23.3 Å². The van der Waals surface area contributed by atoms with Crippen LogP contribution in [0.25, 0.3) is 0 Å². The van der Waals surface area contributed by atoms with Crippen molar-refractivity contribution < 1.29 is 18.1 Å². The van der Waals surface area contributed by atoms with Crippen LogP contribution in [0, 0.1) is 10.1 Å². The lowest BCUT2D eigenvalue weighted by atomic mass is 10.2. The van der Waals surface area contributed by atoms with Crippen molar-refractivity contribution in [1.82, 2.24) is 0 Å². The number of halogens is 4. The largest absolute Gasteiger partial charge is 0.416 e. The van der Waals surface area contributed by atoms with Crippen LogP contribution in [0.3, 0.4) is 0 Å². The van der Waals surface area contributed by atoms with E-state index in [-0.39, 0.29) is 4.90 Å². The first-order valence-electron chi connectivity index (χ1n) is 4.90. The maximum atomic E-state index is 12.4. The van der Waals surface area contributed by atoms with Crippen LogP contribution in [0.4, 0.5) is 18.9 Å². The maximum absolute atomic E-state index is 12.4. The molecule has 0 radical (unpaired) electrons. The van der Waals surface area contributed by atoms with E-state index >= 15 is 0 Å². The number of hydrogen-bond acceptors (Lipinski definition) is 3. The van der Waals surface area contributed by atoms with Gasteiger partial charge in [-0.05, 0) is 24.3 Å². The Morgan fingerprint density at radius 3 is 2.56 bits per heavy atom. The van der Waals surface area contributed by atoms with Gasteiger partial charge in [-0.1, -0.05) is 0 Å². The van der Waals surface area contributed by atoms with Crippen molar-refractivity contribution in [3.63, 3.8) is 0 Å². The molecule has 1 rings (SSSR count). The van der Waals surface area contributed by atoms with E-state index in [1.807, 2.05) is 0 Å². The highest BCUT2D eigenvalue weighted by Gasteiger charge is 2.32. The Balaban J connectivity index is 3.01. The zero-order valence-electron chi connectivity index (χ0n) is 9.04. The number of benzene rings is 1. The summed E-state index contributed by atoms with van der Waals surface area (Å²) in [6, 6.07) is 2.53. The normalized spacial score (nSPS) is 11.6. The van der Waals surface area contributed by atoms with Crippen molar-refractivity contribution in [2.75, 3.05) is 11.6 Å². The number of thioether (sulfide) groups is 1. The molecule has 1 aromatic rings. The quantitative estimate of drug-likeness (QED) is 0.267. The molecule has 0 saturated carbocycles. The van der Waals surface area contributed by atoms with E-state index in [4.69, 9.17) is 11.6 Å². The van der Waals surface area contributed by atoms with Gasteiger partial charge in [-0.2, -0.15) is 13.2 Å². The van der Waals surface area contributed by atoms with Crippen molar-refractivity contribution >= 4 is 29.1 Å². The Hall–Kier alpha value is -0.950. The van der Waals surface area contributed by atoms with Crippen LogP contribution >= 0.6 is 23.4 Å². The highest BCUT2D eigenvalue weighted by Crippen LogP contribution is 2.36. The minimum atomic E-state index is -4.58. The molecule has 0 fully saturated rings. The Morgan fingerprint density at radius 1 is 1.39 bits per heavy atom. The number of nitro benzene ring substituents is 1. The lowest BCUT2D eigenvalue weighted by molar-refractivity contribution is -0.388. The zero-order valence-corrected chi connectivity index (χ0v) is 10.6. The molecule has 0 bridgehead atoms. The summed E-state index contributed by atoms with van der Waals surface area (Å²) in [6.07, 6.45) is -3.95. The molecular formula is C10H9ClF3NO2S. The van der Waals surface area contributed by atoms with Gasteiger partial charge in [0.25, 0.3) is 5.69 Å². The molecule has 0 unspecified atom stereocenters. The summed E-state index contributed by atoms with van der Waals surface area (Å²) < 4.78 is 37.3. The molecule has 0 aliphatic heterocycles. The first-order chi connectivity index (χ1) is 8.36. The second kappa shape index (κ2) is 6.29. The first-order valence-corrected chi connectivity index (χ1v) is 6.42. The summed E-state index contributed by atoms with van der Waals surface area (Å²) >= 11 is 6.59. The molecule has 1 aromatic carbocycles. The predicted molar refractivity (Wildman–Crippen MR) is 64.2 cm³/mol. The second-order valence-corrected chi connectivity index (χ2v) is 4.84. The minimum Gasteiger partial charge on any atom is -0.258 e. The third-order valence-electron chi connectivity index (χ3n) is 2.02. The monoisotopic (exact) mass is 299 g/mol. The van der Waals surface area contributed by atoms with Gasteiger partial charge >= 0.3 is 6.18 Å². The minimum absolute atomic E-state index is 0.220. The van der Waals surface area contributed by atoms with Crippen LogP contribution in [-0.4, -0.2) is 16.6 Å². The maximum Gasteiger partial charge on any atom is 0.416 e. The van der Waals surface area contributed by atoms with Gasteiger partial charge < -0.3 is 0 Å². The van der Waals surface area contributed by atoms with E-state index < -0.39 is 22.4 Å². The second-order valence-electron chi connectivity index (χ2n) is 3.33. The lowest BCUT2D eigenvalue weighted by Gasteiger charge is -2.08. The number of hydrogen-bond donors (Lipinski definition) is 0. The van der Waals surface area contributed by atoms with E-state index in [1.54, 1.807) is 0 Å². The highest BCUT2D eigenvalue weighted by molar-refractivity contribution is 7.99. The van der Waals surface area contributed by atoms with Crippen LogP contribution in [0.2, 0.25) is 0 Å². The summed E-state index contributed by atoms with van der Waals surface area (Å²) in [5.41, 5.74) is -1.54. The summed E-state index contributed by atoms with van der Waals surface area (Å²) in [7, 11) is 0. The number of alkyl halides is 4. The molecule has 18 heavy (non-hydrogen) atoms. The predicted octanol–water partition coefficient (Wildman–Crippen LogP) is 4.33. The topological polar surface area (TPSA) is 43.1 Å². The standard InChI is InChI=1S/C10H9ClF3NO2S/c11-4-1-5-18-9-3-2-7(10(12,13)14)6-8(9)15(16)17/h2-3,6H,1,4-5H2. The molecule has 100 valence electrons. The molecular weight excluding hydrogens is 291 g/mol. The SMILES string of the molecule is O=[N+]([O-])c1cc(C(F)(F)F)ccc1SCCCCl. The molecule has 0 aliphatic carbocycles. The summed E-state index contributed by atoms with van der Waals surface area (Å²) in [5.74, 6) is 0.928. The van der Waals surface area contributed by atoms with Crippen molar-refractivity contribution in [2.45, 2.75) is 17.5 Å². The molecule has 0 heterocycles. The van der Waals surface area contributed by atoms with E-state index in [2.05, 4.69) is 0 Å². The van der Waals surface area contributed by atoms with Gasteiger partial charge in [-0.25, -0.2) is 0 Å². The van der Waals surface area contributed by atoms with Crippen LogP contribution < -0.4 is 0 Å². The van der Waals surface area contributed by atoms with Crippen molar-refractivity contribution in [1.29, 1.82) is 0 Å². The molecule has 8 heteroatoms. The molecule has 0 aromatic heterocycles. The fraction of sp³-hybridized carbons (Fsp3) is 0.400. The molecule has 0 atom stereocenters. The van der Waals surface area contributed by atoms with Gasteiger partial charge in [0.15, 0.2) is 0 Å². The molecule has 0 amide bonds. The summed E-state index contributed by atoms with van der Waals surface area (Å²) in [5, 5.41) is 10.7. The smallest absolute Gasteiger partial charge is 0.258 e. The van der Waals surface area contributed by atoms with Crippen molar-refractivity contribution in [2.24, 2.45) is 0 Å². The van der Waals surface area contributed by atoms with E-state index in [0.717, 1.165) is 23.9 Å².